The van der Waals surface area contributed by atoms with Gasteiger partial charge in [0.15, 0.2) is 6.10 Å². The van der Waals surface area contributed by atoms with Crippen LogP contribution in [0.5, 0.6) is 0 Å². The van der Waals surface area contributed by atoms with Gasteiger partial charge in [-0.1, -0.05) is 0 Å². The molecule has 172 valence electrons. The molecule has 2 unspecified atom stereocenters. The highest BCUT2D eigenvalue weighted by atomic mass is 32.2. The fourth-order valence-electron chi connectivity index (χ4n) is 2.47. The van der Waals surface area contributed by atoms with Gasteiger partial charge in [-0.3, -0.25) is 19.1 Å². The van der Waals surface area contributed by atoms with Crippen molar-refractivity contribution in [3.05, 3.63) is 59.9 Å². The number of thioether (sulfide) groups is 1. The van der Waals surface area contributed by atoms with Crippen LogP contribution in [0.15, 0.2) is 48.5 Å². The van der Waals surface area contributed by atoms with E-state index >= 15 is 0 Å². The highest BCUT2D eigenvalue weighted by molar-refractivity contribution is 8.01. The van der Waals surface area contributed by atoms with E-state index in [1.165, 1.54) is 55.5 Å². The summed E-state index contributed by atoms with van der Waals surface area (Å²) >= 11 is 1.03. The Morgan fingerprint density at radius 1 is 1.00 bits per heavy atom. The van der Waals surface area contributed by atoms with Crippen LogP contribution in [-0.2, 0) is 24.3 Å². The van der Waals surface area contributed by atoms with Crippen molar-refractivity contribution >= 4 is 50.8 Å². The number of rotatable bonds is 10. The summed E-state index contributed by atoms with van der Waals surface area (Å²) in [5.41, 5.74) is 0.991. The van der Waals surface area contributed by atoms with E-state index in [0.717, 1.165) is 18.0 Å². The third-order valence-corrected chi connectivity index (χ3v) is 5.79. The molecule has 2 N–H and O–H groups in total. The van der Waals surface area contributed by atoms with Crippen LogP contribution in [0.2, 0.25) is 0 Å². The number of Topliss-reactive ketones (excluding diaryl/α,β-unsaturated/α-hetero) is 1. The van der Waals surface area contributed by atoms with E-state index in [-0.39, 0.29) is 17.2 Å². The van der Waals surface area contributed by atoms with Crippen LogP contribution >= 0.6 is 11.8 Å². The predicted molar refractivity (Wildman–Crippen MR) is 122 cm³/mol. The van der Waals surface area contributed by atoms with Crippen molar-refractivity contribution in [2.24, 2.45) is 0 Å². The molecule has 2 atom stereocenters. The zero-order valence-corrected chi connectivity index (χ0v) is 19.3. The van der Waals surface area contributed by atoms with Gasteiger partial charge >= 0.3 is 5.97 Å². The molecule has 0 aliphatic carbocycles. The van der Waals surface area contributed by atoms with Crippen molar-refractivity contribution in [1.29, 1.82) is 0 Å². The Labute approximate surface area is 190 Å². The number of hydrogen-bond acceptors (Lipinski definition) is 7. The van der Waals surface area contributed by atoms with Crippen molar-refractivity contribution in [1.82, 2.24) is 0 Å². The molecule has 0 fully saturated rings. The molecular weight excluding hydrogens is 459 g/mol. The minimum atomic E-state index is -3.43. The minimum absolute atomic E-state index is 0.0369. The van der Waals surface area contributed by atoms with Gasteiger partial charge in [-0.2, -0.15) is 0 Å². The monoisotopic (exact) mass is 482 g/mol. The summed E-state index contributed by atoms with van der Waals surface area (Å²) in [5.74, 6) is -1.92. The molecule has 2 rings (SSSR count). The van der Waals surface area contributed by atoms with Crippen molar-refractivity contribution in [2.75, 3.05) is 22.0 Å². The number of carbonyl (C=O) groups excluding carboxylic acids is 3. The second-order valence-electron chi connectivity index (χ2n) is 6.90. The number of halogens is 1. The Hall–Kier alpha value is -2.92. The average molecular weight is 483 g/mol. The lowest BCUT2D eigenvalue weighted by Crippen LogP contribution is -2.29. The van der Waals surface area contributed by atoms with Gasteiger partial charge in [-0.25, -0.2) is 12.8 Å². The lowest BCUT2D eigenvalue weighted by molar-refractivity contribution is -0.145. The summed E-state index contributed by atoms with van der Waals surface area (Å²) in [6, 6.07) is 11.0. The molecule has 0 aliphatic rings. The highest BCUT2D eigenvalue weighted by Crippen LogP contribution is 2.17. The van der Waals surface area contributed by atoms with Crippen LogP contribution in [0.3, 0.4) is 0 Å². The fourth-order valence-corrected chi connectivity index (χ4v) is 3.70. The van der Waals surface area contributed by atoms with Gasteiger partial charge in [-0.05, 0) is 62.4 Å². The van der Waals surface area contributed by atoms with E-state index in [9.17, 15) is 27.2 Å². The summed E-state index contributed by atoms with van der Waals surface area (Å²) in [6.07, 6.45) is -0.0496. The Bertz CT molecular complexity index is 1070. The first-order valence-corrected chi connectivity index (χ1v) is 12.4. The summed E-state index contributed by atoms with van der Waals surface area (Å²) in [5, 5.41) is 1.88. The number of anilines is 2. The normalized spacial score (nSPS) is 13.0. The molecule has 0 saturated heterocycles. The van der Waals surface area contributed by atoms with E-state index in [2.05, 4.69) is 10.0 Å². The van der Waals surface area contributed by atoms with E-state index in [1.807, 2.05) is 0 Å². The smallest absolute Gasteiger partial charge is 0.319 e. The molecule has 1 amide bonds. The Balaban J connectivity index is 1.83. The second kappa shape index (κ2) is 11.1. The lowest BCUT2D eigenvalue weighted by atomic mass is 10.1. The van der Waals surface area contributed by atoms with Crippen molar-refractivity contribution < 1.29 is 31.9 Å². The van der Waals surface area contributed by atoms with Crippen LogP contribution in [-0.4, -0.2) is 49.4 Å². The number of carbonyl (C=O) groups is 3. The van der Waals surface area contributed by atoms with E-state index in [1.54, 1.807) is 6.92 Å². The molecule has 0 radical (unpaired) electrons. The van der Waals surface area contributed by atoms with E-state index in [4.69, 9.17) is 4.74 Å². The maximum absolute atomic E-state index is 12.9. The van der Waals surface area contributed by atoms with Gasteiger partial charge in [0.05, 0.1) is 12.0 Å². The van der Waals surface area contributed by atoms with Gasteiger partial charge < -0.3 is 10.1 Å². The van der Waals surface area contributed by atoms with Crippen LogP contribution in [0, 0.1) is 5.82 Å². The number of benzene rings is 2. The van der Waals surface area contributed by atoms with Crippen LogP contribution in [0.25, 0.3) is 0 Å². The van der Waals surface area contributed by atoms with Gasteiger partial charge in [0.25, 0.3) is 0 Å². The number of hydrogen-bond donors (Lipinski definition) is 2. The summed E-state index contributed by atoms with van der Waals surface area (Å²) < 4.78 is 42.9. The first-order chi connectivity index (χ1) is 14.9. The number of esters is 1. The fraction of sp³-hybridized carbons (Fsp3) is 0.286. The Morgan fingerprint density at radius 3 is 2.12 bits per heavy atom. The topological polar surface area (TPSA) is 119 Å². The van der Waals surface area contributed by atoms with Gasteiger partial charge in [-0.15, -0.1) is 11.8 Å². The number of nitrogens with one attached hydrogen (secondary N) is 2. The van der Waals surface area contributed by atoms with Crippen LogP contribution < -0.4 is 10.0 Å². The third-order valence-electron chi connectivity index (χ3n) is 4.06. The Morgan fingerprint density at radius 2 is 1.56 bits per heavy atom. The largest absolute Gasteiger partial charge is 0.453 e. The molecule has 0 saturated carbocycles. The van der Waals surface area contributed by atoms with E-state index in [0.29, 0.717) is 11.4 Å². The minimum Gasteiger partial charge on any atom is -0.453 e. The molecule has 11 heteroatoms. The zero-order chi connectivity index (χ0) is 23.9. The maximum atomic E-state index is 12.9. The first-order valence-electron chi connectivity index (χ1n) is 9.44. The molecule has 0 bridgehead atoms. The predicted octanol–water partition coefficient (Wildman–Crippen LogP) is 3.07. The average Bonchev–Trinajstić information content (AvgIpc) is 2.72. The molecule has 0 aliphatic heterocycles. The van der Waals surface area contributed by atoms with Gasteiger partial charge in [0, 0.05) is 16.9 Å². The maximum Gasteiger partial charge on any atom is 0.319 e. The first kappa shape index (κ1) is 25.3. The summed E-state index contributed by atoms with van der Waals surface area (Å²) in [7, 11) is -3.43. The second-order valence-corrected chi connectivity index (χ2v) is 9.98. The molecule has 0 heterocycles. The molecule has 2 aromatic rings. The molecule has 32 heavy (non-hydrogen) atoms. The Kier molecular flexibility index (Phi) is 8.79. The standard InChI is InChI=1S/C21H23FN2O6S2/c1-13(20(26)15-4-8-18(9-5-15)24-32(3,28)29)30-21(27)14(2)31-12-19(25)23-17-10-6-16(22)7-11-17/h4-11,13-14,24H,12H2,1-3H3,(H,23,25). The van der Waals surface area contributed by atoms with E-state index < -0.39 is 38.9 Å². The zero-order valence-electron chi connectivity index (χ0n) is 17.6. The summed E-state index contributed by atoms with van der Waals surface area (Å²) in [4.78, 5) is 36.7. The highest BCUT2D eigenvalue weighted by Gasteiger charge is 2.24. The number of ketones is 1. The summed E-state index contributed by atoms with van der Waals surface area (Å²) in [6.45, 7) is 2.99. The molecule has 2 aromatic carbocycles. The number of sulfonamides is 1. The quantitative estimate of drug-likeness (QED) is 0.395. The molecule has 0 spiro atoms. The van der Waals surface area contributed by atoms with Gasteiger partial charge in [0.2, 0.25) is 21.7 Å². The third kappa shape index (κ3) is 8.31. The molecule has 0 aromatic heterocycles. The number of amides is 1. The van der Waals surface area contributed by atoms with Crippen molar-refractivity contribution in [2.45, 2.75) is 25.2 Å². The van der Waals surface area contributed by atoms with Gasteiger partial charge in [0.1, 0.15) is 11.1 Å². The lowest BCUT2D eigenvalue weighted by Gasteiger charge is -2.16. The van der Waals surface area contributed by atoms with Crippen LogP contribution in [0.1, 0.15) is 24.2 Å². The SMILES string of the molecule is CC(OC(=O)C(C)SCC(=O)Nc1ccc(F)cc1)C(=O)c1ccc(NS(C)(=O)=O)cc1. The molecular formula is C21H23FN2O6S2. The van der Waals surface area contributed by atoms with Crippen molar-refractivity contribution in [3.8, 4) is 0 Å². The van der Waals surface area contributed by atoms with Crippen molar-refractivity contribution in [3.63, 3.8) is 0 Å². The number of ether oxygens (including phenoxy) is 1. The molecule has 8 nitrogen and oxygen atoms in total. The van der Waals surface area contributed by atoms with Crippen LogP contribution in [0.4, 0.5) is 15.8 Å².